The van der Waals surface area contributed by atoms with Crippen molar-refractivity contribution in [1.82, 2.24) is 9.97 Å². The van der Waals surface area contributed by atoms with Crippen LogP contribution in [0.4, 0.5) is 4.39 Å². The first kappa shape index (κ1) is 15.4. The molecule has 1 heterocycles. The fourth-order valence-corrected chi connectivity index (χ4v) is 2.52. The van der Waals surface area contributed by atoms with Crippen molar-refractivity contribution in [1.29, 1.82) is 0 Å². The molecule has 0 spiro atoms. The van der Waals surface area contributed by atoms with Crippen molar-refractivity contribution < 1.29 is 9.13 Å². The Morgan fingerprint density at radius 1 is 1.04 bits per heavy atom. The molecule has 0 saturated heterocycles. The summed E-state index contributed by atoms with van der Waals surface area (Å²) in [6, 6.07) is 14.6. The van der Waals surface area contributed by atoms with Crippen LogP contribution < -0.4 is 0 Å². The molecule has 0 radical (unpaired) electrons. The minimum atomic E-state index is -0.221. The molecule has 3 aromatic rings. The standard InChI is InChI=1S/C19H19FN2O/c20-17-9-7-15(8-10-17)19-6-2-1-4-16(19)13-23-11-3-5-18-12-21-14-22-18/h1-2,4,6-10,12,14H,3,5,11,13H2,(H,21,22). The van der Waals surface area contributed by atoms with Crippen LogP contribution in [-0.4, -0.2) is 16.6 Å². The molecule has 1 N–H and O–H groups in total. The van der Waals surface area contributed by atoms with Gasteiger partial charge in [0.25, 0.3) is 0 Å². The van der Waals surface area contributed by atoms with Gasteiger partial charge in [-0.1, -0.05) is 36.4 Å². The third kappa shape index (κ3) is 4.27. The zero-order valence-electron chi connectivity index (χ0n) is 12.8. The Balaban J connectivity index is 1.56. The largest absolute Gasteiger partial charge is 0.377 e. The van der Waals surface area contributed by atoms with Crippen molar-refractivity contribution in [3.63, 3.8) is 0 Å². The fraction of sp³-hybridized carbons (Fsp3) is 0.211. The Hall–Kier alpha value is -2.46. The number of H-pyrrole nitrogens is 1. The number of ether oxygens (including phenoxy) is 1. The minimum Gasteiger partial charge on any atom is -0.377 e. The molecule has 0 unspecified atom stereocenters. The third-order valence-electron chi connectivity index (χ3n) is 3.71. The minimum absolute atomic E-state index is 0.221. The van der Waals surface area contributed by atoms with Crippen molar-refractivity contribution in [2.75, 3.05) is 6.61 Å². The first-order chi connectivity index (χ1) is 11.3. The van der Waals surface area contributed by atoms with Crippen LogP contribution >= 0.6 is 0 Å². The Morgan fingerprint density at radius 2 is 1.87 bits per heavy atom. The molecular formula is C19H19FN2O. The average molecular weight is 310 g/mol. The Labute approximate surface area is 135 Å². The maximum Gasteiger partial charge on any atom is 0.123 e. The highest BCUT2D eigenvalue weighted by Crippen LogP contribution is 2.24. The third-order valence-corrected chi connectivity index (χ3v) is 3.71. The summed E-state index contributed by atoms with van der Waals surface area (Å²) in [6.07, 6.45) is 5.44. The van der Waals surface area contributed by atoms with Crippen molar-refractivity contribution in [2.45, 2.75) is 19.4 Å². The van der Waals surface area contributed by atoms with Crippen LogP contribution in [0.5, 0.6) is 0 Å². The maximum absolute atomic E-state index is 13.1. The van der Waals surface area contributed by atoms with Gasteiger partial charge in [0.2, 0.25) is 0 Å². The second kappa shape index (κ2) is 7.70. The number of aryl methyl sites for hydroxylation is 1. The summed E-state index contributed by atoms with van der Waals surface area (Å²) in [5.41, 5.74) is 4.25. The van der Waals surface area contributed by atoms with E-state index in [0.29, 0.717) is 13.2 Å². The zero-order chi connectivity index (χ0) is 15.9. The number of benzene rings is 2. The van der Waals surface area contributed by atoms with Crippen molar-refractivity contribution >= 4 is 0 Å². The summed E-state index contributed by atoms with van der Waals surface area (Å²) in [5, 5.41) is 0. The number of aromatic nitrogens is 2. The fourth-order valence-electron chi connectivity index (χ4n) is 2.52. The van der Waals surface area contributed by atoms with E-state index >= 15 is 0 Å². The second-order valence-electron chi connectivity index (χ2n) is 5.38. The lowest BCUT2D eigenvalue weighted by molar-refractivity contribution is 0.119. The van der Waals surface area contributed by atoms with E-state index < -0.39 is 0 Å². The number of halogens is 1. The predicted octanol–water partition coefficient (Wildman–Crippen LogP) is 4.37. The van der Waals surface area contributed by atoms with Crippen molar-refractivity contribution in [3.05, 3.63) is 78.1 Å². The highest BCUT2D eigenvalue weighted by Gasteiger charge is 2.05. The molecule has 0 atom stereocenters. The highest BCUT2D eigenvalue weighted by molar-refractivity contribution is 5.67. The topological polar surface area (TPSA) is 37.9 Å². The molecule has 2 aromatic carbocycles. The Kier molecular flexibility index (Phi) is 5.17. The number of aromatic amines is 1. The molecule has 0 saturated carbocycles. The number of rotatable bonds is 7. The normalized spacial score (nSPS) is 10.8. The van der Waals surface area contributed by atoms with Gasteiger partial charge in [-0.25, -0.2) is 9.37 Å². The SMILES string of the molecule is Fc1ccc(-c2ccccc2COCCCc2c[nH]cn2)cc1. The molecule has 0 aliphatic carbocycles. The monoisotopic (exact) mass is 310 g/mol. The lowest BCUT2D eigenvalue weighted by Crippen LogP contribution is -1.99. The molecule has 0 fully saturated rings. The van der Waals surface area contributed by atoms with Gasteiger partial charge in [-0.05, 0) is 41.7 Å². The molecule has 3 nitrogen and oxygen atoms in total. The molecule has 1 aromatic heterocycles. The highest BCUT2D eigenvalue weighted by atomic mass is 19.1. The first-order valence-electron chi connectivity index (χ1n) is 7.72. The lowest BCUT2D eigenvalue weighted by Gasteiger charge is -2.10. The van der Waals surface area contributed by atoms with E-state index in [9.17, 15) is 4.39 Å². The van der Waals surface area contributed by atoms with E-state index in [1.807, 2.05) is 30.5 Å². The van der Waals surface area contributed by atoms with E-state index in [-0.39, 0.29) is 5.82 Å². The van der Waals surface area contributed by atoms with Crippen LogP contribution in [-0.2, 0) is 17.8 Å². The molecule has 0 amide bonds. The zero-order valence-corrected chi connectivity index (χ0v) is 12.8. The molecule has 3 rings (SSSR count). The van der Waals surface area contributed by atoms with Crippen LogP contribution in [0.15, 0.2) is 61.1 Å². The summed E-state index contributed by atoms with van der Waals surface area (Å²) in [7, 11) is 0. The maximum atomic E-state index is 13.1. The van der Waals surface area contributed by atoms with E-state index in [1.54, 1.807) is 18.5 Å². The summed E-state index contributed by atoms with van der Waals surface area (Å²) in [4.78, 5) is 7.14. The number of hydrogen-bond donors (Lipinski definition) is 1. The molecule has 0 aliphatic rings. The summed E-state index contributed by atoms with van der Waals surface area (Å²) in [6.45, 7) is 1.23. The number of hydrogen-bond acceptors (Lipinski definition) is 2. The molecule has 0 aliphatic heterocycles. The van der Waals surface area contributed by atoms with E-state index in [0.717, 1.165) is 35.2 Å². The summed E-state index contributed by atoms with van der Waals surface area (Å²) < 4.78 is 18.9. The van der Waals surface area contributed by atoms with Crippen LogP contribution in [0.25, 0.3) is 11.1 Å². The van der Waals surface area contributed by atoms with Crippen LogP contribution in [0.1, 0.15) is 17.7 Å². The van der Waals surface area contributed by atoms with Crippen molar-refractivity contribution in [3.8, 4) is 11.1 Å². The number of imidazole rings is 1. The van der Waals surface area contributed by atoms with Gasteiger partial charge in [-0.15, -0.1) is 0 Å². The van der Waals surface area contributed by atoms with Crippen LogP contribution in [0, 0.1) is 5.82 Å². The van der Waals surface area contributed by atoms with E-state index in [4.69, 9.17) is 4.74 Å². The van der Waals surface area contributed by atoms with Gasteiger partial charge >= 0.3 is 0 Å². The second-order valence-corrected chi connectivity index (χ2v) is 5.38. The van der Waals surface area contributed by atoms with Gasteiger partial charge in [0.1, 0.15) is 5.82 Å². The summed E-state index contributed by atoms with van der Waals surface area (Å²) in [5.74, 6) is -0.221. The molecule has 0 bridgehead atoms. The molecule has 118 valence electrons. The van der Waals surface area contributed by atoms with Gasteiger partial charge in [0, 0.05) is 12.8 Å². The van der Waals surface area contributed by atoms with Crippen molar-refractivity contribution in [2.24, 2.45) is 0 Å². The Morgan fingerprint density at radius 3 is 2.65 bits per heavy atom. The van der Waals surface area contributed by atoms with Crippen LogP contribution in [0.2, 0.25) is 0 Å². The smallest absolute Gasteiger partial charge is 0.123 e. The Bertz CT molecular complexity index is 723. The van der Waals surface area contributed by atoms with Gasteiger partial charge in [0.15, 0.2) is 0 Å². The van der Waals surface area contributed by atoms with Gasteiger partial charge in [-0.3, -0.25) is 0 Å². The van der Waals surface area contributed by atoms with Gasteiger partial charge in [-0.2, -0.15) is 0 Å². The first-order valence-corrected chi connectivity index (χ1v) is 7.72. The quantitative estimate of drug-likeness (QED) is 0.658. The van der Waals surface area contributed by atoms with E-state index in [1.165, 1.54) is 12.1 Å². The van der Waals surface area contributed by atoms with Gasteiger partial charge < -0.3 is 9.72 Å². The van der Waals surface area contributed by atoms with Crippen LogP contribution in [0.3, 0.4) is 0 Å². The average Bonchev–Trinajstić information content (AvgIpc) is 3.09. The van der Waals surface area contributed by atoms with E-state index in [2.05, 4.69) is 9.97 Å². The number of nitrogens with one attached hydrogen (secondary N) is 1. The number of nitrogens with zero attached hydrogens (tertiary/aromatic N) is 1. The predicted molar refractivity (Wildman–Crippen MR) is 88.4 cm³/mol. The molecular weight excluding hydrogens is 291 g/mol. The molecule has 4 heteroatoms. The van der Waals surface area contributed by atoms with Gasteiger partial charge in [0.05, 0.1) is 18.6 Å². The lowest BCUT2D eigenvalue weighted by atomic mass is 10.0. The molecule has 23 heavy (non-hydrogen) atoms. The summed E-state index contributed by atoms with van der Waals surface area (Å²) >= 11 is 0.